The van der Waals surface area contributed by atoms with E-state index in [1.165, 1.54) is 16.5 Å². The summed E-state index contributed by atoms with van der Waals surface area (Å²) in [5, 5.41) is 12.3. The molecule has 1 atom stereocenters. The van der Waals surface area contributed by atoms with Gasteiger partial charge in [0.15, 0.2) is 12.2 Å². The standard InChI is InChI=1S/C26H27N7O5S/c1-4-32-25(37)20(14-22(35)28-19-12-10-18(11-13-19)27-16(2)34)33(26(32)39)15-21-24(38-30-31(21)3)29-23(36)17-8-6-5-7-9-17/h5-13,20,30H,4,14-15H2,1-3H3,(H,29,36)/p+1. The molecule has 39 heavy (non-hydrogen) atoms. The number of nitrogens with one attached hydrogen (secondary N) is 3. The normalized spacial score (nSPS) is 14.9. The molecule has 0 spiro atoms. The van der Waals surface area contributed by atoms with Crippen molar-refractivity contribution < 1.29 is 28.4 Å². The highest BCUT2D eigenvalue weighted by Crippen LogP contribution is 2.25. The molecule has 1 aromatic heterocycles. The molecule has 3 aromatic rings. The number of aryl methyl sites for hydroxylation is 1. The van der Waals surface area contributed by atoms with Gasteiger partial charge in [-0.1, -0.05) is 18.2 Å². The van der Waals surface area contributed by atoms with Gasteiger partial charge in [0.2, 0.25) is 17.1 Å². The predicted molar refractivity (Wildman–Crippen MR) is 145 cm³/mol. The Morgan fingerprint density at radius 3 is 2.28 bits per heavy atom. The third-order valence-corrected chi connectivity index (χ3v) is 6.53. The Morgan fingerprint density at radius 2 is 1.67 bits per heavy atom. The molecular weight excluding hydrogens is 522 g/mol. The van der Waals surface area contributed by atoms with Gasteiger partial charge in [0.25, 0.3) is 17.5 Å². The van der Waals surface area contributed by atoms with Crippen LogP contribution in [0.2, 0.25) is 0 Å². The first-order valence-corrected chi connectivity index (χ1v) is 12.6. The maximum Gasteiger partial charge on any atom is 0.307 e. The van der Waals surface area contributed by atoms with Crippen LogP contribution in [0.3, 0.4) is 0 Å². The van der Waals surface area contributed by atoms with E-state index in [2.05, 4.69) is 21.2 Å². The molecule has 3 N–H and O–H groups in total. The molecule has 12 nitrogen and oxygen atoms in total. The van der Waals surface area contributed by atoms with E-state index in [9.17, 15) is 19.2 Å². The van der Waals surface area contributed by atoms with Crippen molar-refractivity contribution in [3.63, 3.8) is 0 Å². The van der Waals surface area contributed by atoms with Gasteiger partial charge in [0, 0.05) is 30.4 Å². The molecule has 4 amide bonds. The molecule has 1 fully saturated rings. The lowest BCUT2D eigenvalue weighted by atomic mass is 10.1. The first-order chi connectivity index (χ1) is 18.7. The molecule has 2 aromatic carbocycles. The number of nitrogens with zero attached hydrogens (tertiary/aromatic N) is 4. The molecule has 0 bridgehead atoms. The summed E-state index contributed by atoms with van der Waals surface area (Å²) in [7, 11) is 1.64. The van der Waals surface area contributed by atoms with Crippen LogP contribution in [-0.4, -0.2) is 56.4 Å². The largest absolute Gasteiger partial charge is 0.326 e. The topological polar surface area (TPSA) is 141 Å². The number of likely N-dealkylation sites (N-methyl/N-ethyl adjacent to an activating group) is 1. The van der Waals surface area contributed by atoms with Gasteiger partial charge in [-0.2, -0.15) is 0 Å². The van der Waals surface area contributed by atoms with Crippen LogP contribution >= 0.6 is 12.2 Å². The number of benzene rings is 2. The molecule has 13 heteroatoms. The summed E-state index contributed by atoms with van der Waals surface area (Å²) >= 11 is 5.59. The van der Waals surface area contributed by atoms with E-state index >= 15 is 0 Å². The van der Waals surface area contributed by atoms with Crippen LogP contribution in [0.15, 0.2) is 59.1 Å². The van der Waals surface area contributed by atoms with Crippen molar-refractivity contribution in [2.45, 2.75) is 32.9 Å². The van der Waals surface area contributed by atoms with Crippen molar-refractivity contribution in [1.29, 1.82) is 0 Å². The number of amides is 4. The van der Waals surface area contributed by atoms with E-state index in [-0.39, 0.29) is 41.7 Å². The maximum atomic E-state index is 13.2. The zero-order chi connectivity index (χ0) is 28.1. The second-order valence-electron chi connectivity index (χ2n) is 8.81. The first kappa shape index (κ1) is 27.4. The van der Waals surface area contributed by atoms with Gasteiger partial charge < -0.3 is 15.5 Å². The van der Waals surface area contributed by atoms with Crippen LogP contribution in [0.5, 0.6) is 0 Å². The lowest BCUT2D eigenvalue weighted by molar-refractivity contribution is -0.746. The van der Waals surface area contributed by atoms with Gasteiger partial charge in [-0.05, 0) is 60.2 Å². The van der Waals surface area contributed by atoms with E-state index in [0.29, 0.717) is 29.2 Å². The molecule has 0 saturated carbocycles. The van der Waals surface area contributed by atoms with Crippen molar-refractivity contribution >= 4 is 58.2 Å². The molecule has 0 aliphatic carbocycles. The fourth-order valence-electron chi connectivity index (χ4n) is 4.14. The summed E-state index contributed by atoms with van der Waals surface area (Å²) in [6, 6.07) is 14.4. The highest BCUT2D eigenvalue weighted by molar-refractivity contribution is 7.80. The quantitative estimate of drug-likeness (QED) is 0.272. The average molecular weight is 551 g/mol. The number of thiocarbonyl (C=S) groups is 1. The molecule has 1 aliphatic heterocycles. The smallest absolute Gasteiger partial charge is 0.307 e. The third kappa shape index (κ3) is 6.26. The number of hydrogen-bond acceptors (Lipinski definition) is 7. The van der Waals surface area contributed by atoms with Crippen LogP contribution in [0.1, 0.15) is 36.3 Å². The van der Waals surface area contributed by atoms with Gasteiger partial charge in [-0.15, -0.1) is 0 Å². The van der Waals surface area contributed by atoms with Gasteiger partial charge in [-0.3, -0.25) is 33.9 Å². The summed E-state index contributed by atoms with van der Waals surface area (Å²) in [5.41, 5.74) is 2.01. The second kappa shape index (κ2) is 11.8. The van der Waals surface area contributed by atoms with Gasteiger partial charge in [0.05, 0.1) is 6.42 Å². The minimum Gasteiger partial charge on any atom is -0.326 e. The summed E-state index contributed by atoms with van der Waals surface area (Å²) in [6.45, 7) is 3.61. The minimum absolute atomic E-state index is 0.0643. The fraction of sp³-hybridized carbons (Fsp3) is 0.269. The van der Waals surface area contributed by atoms with Crippen molar-refractivity contribution in [3.05, 3.63) is 65.9 Å². The van der Waals surface area contributed by atoms with Crippen LogP contribution < -0.4 is 20.6 Å². The van der Waals surface area contributed by atoms with Gasteiger partial charge >= 0.3 is 5.88 Å². The Kier molecular flexibility index (Phi) is 8.30. The lowest BCUT2D eigenvalue weighted by Gasteiger charge is -2.21. The molecule has 1 aliphatic rings. The van der Waals surface area contributed by atoms with E-state index in [4.69, 9.17) is 16.7 Å². The number of carbonyl (C=O) groups is 4. The fourth-order valence-corrected chi connectivity index (χ4v) is 4.55. The van der Waals surface area contributed by atoms with Gasteiger partial charge in [0.1, 0.15) is 12.6 Å². The van der Waals surface area contributed by atoms with E-state index in [0.717, 1.165) is 0 Å². The van der Waals surface area contributed by atoms with Crippen LogP contribution in [0, 0.1) is 0 Å². The Hall–Kier alpha value is -4.65. The average Bonchev–Trinajstić information content (AvgIpc) is 3.36. The van der Waals surface area contributed by atoms with Crippen molar-refractivity contribution in [1.82, 2.24) is 15.1 Å². The van der Waals surface area contributed by atoms with E-state index < -0.39 is 11.9 Å². The Balaban J connectivity index is 1.50. The van der Waals surface area contributed by atoms with Crippen molar-refractivity contribution in [2.75, 3.05) is 22.5 Å². The maximum absolute atomic E-state index is 13.2. The number of hydrogen-bond donors (Lipinski definition) is 3. The second-order valence-corrected chi connectivity index (χ2v) is 9.18. The van der Waals surface area contributed by atoms with E-state index in [1.807, 2.05) is 0 Å². The van der Waals surface area contributed by atoms with Crippen LogP contribution in [0.25, 0.3) is 0 Å². The SMILES string of the molecule is CCN1C(=O)C(CC(=O)Nc2ccc(NC(C)=O)cc2)N(Cc2c(NC(=O)c3ccccc3)on[n+]2C)C1=S. The highest BCUT2D eigenvalue weighted by atomic mass is 32.1. The zero-order valence-electron chi connectivity index (χ0n) is 21.6. The summed E-state index contributed by atoms with van der Waals surface area (Å²) in [6.07, 6.45) is -0.163. The minimum atomic E-state index is -0.872. The summed E-state index contributed by atoms with van der Waals surface area (Å²) < 4.78 is 6.79. The zero-order valence-corrected chi connectivity index (χ0v) is 22.4. The van der Waals surface area contributed by atoms with Gasteiger partial charge in [-0.25, -0.2) is 0 Å². The van der Waals surface area contributed by atoms with Crippen molar-refractivity contribution in [3.8, 4) is 0 Å². The Bertz CT molecular complexity index is 1410. The molecular formula is C26H28N7O5S+. The lowest BCUT2D eigenvalue weighted by Crippen LogP contribution is -2.43. The molecule has 4 rings (SSSR count). The number of carbonyl (C=O) groups excluding carboxylic acids is 4. The Morgan fingerprint density at radius 1 is 1.03 bits per heavy atom. The third-order valence-electron chi connectivity index (χ3n) is 6.08. The summed E-state index contributed by atoms with van der Waals surface area (Å²) in [4.78, 5) is 53.1. The number of anilines is 3. The first-order valence-electron chi connectivity index (χ1n) is 12.2. The monoisotopic (exact) mass is 550 g/mol. The number of rotatable bonds is 9. The predicted octanol–water partition coefficient (Wildman–Crippen LogP) is 2.06. The highest BCUT2D eigenvalue weighted by Gasteiger charge is 2.44. The van der Waals surface area contributed by atoms with Crippen LogP contribution in [-0.2, 0) is 28.0 Å². The summed E-state index contributed by atoms with van der Waals surface area (Å²) in [5.74, 6) is -1.17. The molecule has 0 radical (unpaired) electrons. The molecule has 1 unspecified atom stereocenters. The number of aromatic nitrogens is 2. The van der Waals surface area contributed by atoms with Crippen molar-refractivity contribution in [2.24, 2.45) is 7.05 Å². The van der Waals surface area contributed by atoms with Crippen LogP contribution in [0.4, 0.5) is 17.3 Å². The molecule has 2 heterocycles. The Labute approximate surface area is 229 Å². The molecule has 202 valence electrons. The van der Waals surface area contributed by atoms with E-state index in [1.54, 1.807) is 73.5 Å². The molecule has 1 saturated heterocycles.